The lowest BCUT2D eigenvalue weighted by Crippen LogP contribution is -2.04. The van der Waals surface area contributed by atoms with Gasteiger partial charge in [-0.3, -0.25) is 0 Å². The van der Waals surface area contributed by atoms with Crippen molar-refractivity contribution >= 4 is 17.9 Å². The molecule has 0 saturated heterocycles. The number of rotatable bonds is 4. The molecule has 5 heteroatoms. The molecule has 1 aromatic carbocycles. The number of nitrogen functional groups attached to an aromatic ring is 1. The highest BCUT2D eigenvalue weighted by Gasteiger charge is 1.99. The number of benzene rings is 1. The average molecular weight is 307 g/mol. The van der Waals surface area contributed by atoms with E-state index in [0.717, 1.165) is 5.82 Å². The predicted octanol–water partition coefficient (Wildman–Crippen LogP) is 3.60. The molecule has 0 aliphatic carbocycles. The van der Waals surface area contributed by atoms with Crippen molar-refractivity contribution in [1.82, 2.24) is 9.97 Å². The van der Waals surface area contributed by atoms with Crippen molar-refractivity contribution in [3.63, 3.8) is 0 Å². The van der Waals surface area contributed by atoms with Crippen LogP contribution in [0.2, 0.25) is 0 Å². The van der Waals surface area contributed by atoms with Gasteiger partial charge in [-0.2, -0.15) is 0 Å². The van der Waals surface area contributed by atoms with Crippen molar-refractivity contribution in [1.29, 1.82) is 5.41 Å². The maximum Gasteiger partial charge on any atom is 0.134 e. The SMILES string of the molecule is Cc1ccc[nH]1.N=Cc1ccc(NCc2ccccc2)nc1N. The van der Waals surface area contributed by atoms with Gasteiger partial charge in [-0.25, -0.2) is 4.98 Å². The van der Waals surface area contributed by atoms with Crippen LogP contribution in [0.25, 0.3) is 0 Å². The number of aromatic nitrogens is 2. The molecule has 0 amide bonds. The molecule has 0 fully saturated rings. The lowest BCUT2D eigenvalue weighted by atomic mass is 10.2. The van der Waals surface area contributed by atoms with Crippen LogP contribution < -0.4 is 11.1 Å². The van der Waals surface area contributed by atoms with Crippen LogP contribution in [0.5, 0.6) is 0 Å². The number of aromatic amines is 1. The van der Waals surface area contributed by atoms with E-state index in [4.69, 9.17) is 11.1 Å². The zero-order chi connectivity index (χ0) is 16.5. The second-order valence-corrected chi connectivity index (χ2v) is 5.01. The molecule has 3 rings (SSSR count). The Hall–Kier alpha value is -3.08. The molecule has 2 aromatic heterocycles. The van der Waals surface area contributed by atoms with Gasteiger partial charge in [-0.05, 0) is 36.8 Å². The Balaban J connectivity index is 0.000000268. The van der Waals surface area contributed by atoms with E-state index in [2.05, 4.69) is 15.3 Å². The average Bonchev–Trinajstić information content (AvgIpc) is 3.06. The Morgan fingerprint density at radius 2 is 1.91 bits per heavy atom. The fourth-order valence-corrected chi connectivity index (χ4v) is 1.91. The molecule has 118 valence electrons. The third kappa shape index (κ3) is 5.32. The van der Waals surface area contributed by atoms with Crippen LogP contribution in [0.1, 0.15) is 16.8 Å². The molecule has 0 atom stereocenters. The van der Waals surface area contributed by atoms with Crippen molar-refractivity contribution in [2.45, 2.75) is 13.5 Å². The largest absolute Gasteiger partial charge is 0.383 e. The predicted molar refractivity (Wildman–Crippen MR) is 95.8 cm³/mol. The summed E-state index contributed by atoms with van der Waals surface area (Å²) in [6.45, 7) is 2.73. The minimum Gasteiger partial charge on any atom is -0.383 e. The minimum atomic E-state index is 0.373. The summed E-state index contributed by atoms with van der Waals surface area (Å²) >= 11 is 0. The maximum absolute atomic E-state index is 7.13. The van der Waals surface area contributed by atoms with Gasteiger partial charge in [-0.15, -0.1) is 0 Å². The number of nitrogens with zero attached hydrogens (tertiary/aromatic N) is 1. The van der Waals surface area contributed by atoms with E-state index >= 15 is 0 Å². The third-order valence-electron chi connectivity index (χ3n) is 3.18. The molecule has 5 N–H and O–H groups in total. The highest BCUT2D eigenvalue weighted by Crippen LogP contribution is 2.12. The van der Waals surface area contributed by atoms with Crippen LogP contribution in [0.4, 0.5) is 11.6 Å². The second kappa shape index (κ2) is 8.38. The van der Waals surface area contributed by atoms with Gasteiger partial charge in [0, 0.05) is 30.2 Å². The van der Waals surface area contributed by atoms with Crippen molar-refractivity contribution in [2.24, 2.45) is 0 Å². The molecule has 0 unspecified atom stereocenters. The lowest BCUT2D eigenvalue weighted by molar-refractivity contribution is 1.11. The summed E-state index contributed by atoms with van der Waals surface area (Å²) in [5, 5.41) is 10.3. The Bertz CT molecular complexity index is 720. The summed E-state index contributed by atoms with van der Waals surface area (Å²) in [7, 11) is 0. The first kappa shape index (κ1) is 16.3. The second-order valence-electron chi connectivity index (χ2n) is 5.01. The van der Waals surface area contributed by atoms with Crippen LogP contribution in [0, 0.1) is 12.3 Å². The number of pyridine rings is 1. The zero-order valence-electron chi connectivity index (χ0n) is 13.1. The monoisotopic (exact) mass is 307 g/mol. The van der Waals surface area contributed by atoms with Gasteiger partial charge in [0.2, 0.25) is 0 Å². The summed E-state index contributed by atoms with van der Waals surface area (Å²) in [5.74, 6) is 1.09. The van der Waals surface area contributed by atoms with E-state index < -0.39 is 0 Å². The van der Waals surface area contributed by atoms with Crippen molar-refractivity contribution in [3.8, 4) is 0 Å². The molecule has 0 aliphatic heterocycles. The molecule has 0 aliphatic rings. The Labute approximate surface area is 136 Å². The summed E-state index contributed by atoms with van der Waals surface area (Å²) in [4.78, 5) is 7.17. The molecule has 0 spiro atoms. The number of aryl methyl sites for hydroxylation is 1. The quantitative estimate of drug-likeness (QED) is 0.555. The van der Waals surface area contributed by atoms with Gasteiger partial charge in [-0.1, -0.05) is 30.3 Å². The first-order valence-electron chi connectivity index (χ1n) is 7.34. The smallest absolute Gasteiger partial charge is 0.134 e. The zero-order valence-corrected chi connectivity index (χ0v) is 13.1. The van der Waals surface area contributed by atoms with Gasteiger partial charge in [0.25, 0.3) is 0 Å². The number of hydrogen-bond acceptors (Lipinski definition) is 4. The van der Waals surface area contributed by atoms with Crippen LogP contribution in [0.15, 0.2) is 60.8 Å². The summed E-state index contributed by atoms with van der Waals surface area (Å²) in [6, 6.07) is 17.7. The molecule has 23 heavy (non-hydrogen) atoms. The van der Waals surface area contributed by atoms with E-state index in [1.807, 2.05) is 61.7 Å². The number of nitrogens with one attached hydrogen (secondary N) is 3. The van der Waals surface area contributed by atoms with Crippen LogP contribution in [-0.2, 0) is 6.54 Å². The molecule has 5 nitrogen and oxygen atoms in total. The fourth-order valence-electron chi connectivity index (χ4n) is 1.91. The normalized spacial score (nSPS) is 9.61. The van der Waals surface area contributed by atoms with E-state index in [1.54, 1.807) is 6.07 Å². The Morgan fingerprint density at radius 3 is 2.43 bits per heavy atom. The van der Waals surface area contributed by atoms with Crippen molar-refractivity contribution in [2.75, 3.05) is 11.1 Å². The highest BCUT2D eigenvalue weighted by atomic mass is 15.0. The van der Waals surface area contributed by atoms with E-state index in [1.165, 1.54) is 17.5 Å². The standard InChI is InChI=1S/C13H14N4.C5H7N/c14-8-11-6-7-12(17-13(11)15)16-9-10-4-2-1-3-5-10;1-5-3-2-4-6-5/h1-8,14H,9H2,(H3,15,16,17);2-4,6H,1H3. The van der Waals surface area contributed by atoms with Crippen molar-refractivity contribution < 1.29 is 0 Å². The molecule has 0 radical (unpaired) electrons. The van der Waals surface area contributed by atoms with Gasteiger partial charge in [0.1, 0.15) is 11.6 Å². The first-order valence-corrected chi connectivity index (χ1v) is 7.34. The molecular weight excluding hydrogens is 286 g/mol. The highest BCUT2D eigenvalue weighted by molar-refractivity contribution is 5.83. The van der Waals surface area contributed by atoms with E-state index in [9.17, 15) is 0 Å². The lowest BCUT2D eigenvalue weighted by Gasteiger charge is -2.07. The molecular formula is C18H21N5. The number of H-pyrrole nitrogens is 1. The van der Waals surface area contributed by atoms with Crippen LogP contribution in [0.3, 0.4) is 0 Å². The Morgan fingerprint density at radius 1 is 1.13 bits per heavy atom. The van der Waals surface area contributed by atoms with Crippen LogP contribution in [-0.4, -0.2) is 16.2 Å². The fraction of sp³-hybridized carbons (Fsp3) is 0.111. The molecule has 0 saturated carbocycles. The van der Waals surface area contributed by atoms with Crippen molar-refractivity contribution in [3.05, 3.63) is 77.6 Å². The topological polar surface area (TPSA) is 90.6 Å². The first-order chi connectivity index (χ1) is 11.2. The number of hydrogen-bond donors (Lipinski definition) is 4. The molecule has 0 bridgehead atoms. The Kier molecular flexibility index (Phi) is 5.94. The van der Waals surface area contributed by atoms with Crippen LogP contribution >= 0.6 is 0 Å². The third-order valence-corrected chi connectivity index (χ3v) is 3.18. The maximum atomic E-state index is 7.13. The summed E-state index contributed by atoms with van der Waals surface area (Å²) < 4.78 is 0. The molecule has 2 heterocycles. The minimum absolute atomic E-state index is 0.373. The summed E-state index contributed by atoms with van der Waals surface area (Å²) in [5.41, 5.74) is 8.73. The van der Waals surface area contributed by atoms with E-state index in [-0.39, 0.29) is 0 Å². The molecule has 3 aromatic rings. The van der Waals surface area contributed by atoms with E-state index in [0.29, 0.717) is 17.9 Å². The van der Waals surface area contributed by atoms with Gasteiger partial charge < -0.3 is 21.4 Å². The van der Waals surface area contributed by atoms with Gasteiger partial charge in [0.05, 0.1) is 0 Å². The number of nitrogens with two attached hydrogens (primary N) is 1. The number of anilines is 2. The van der Waals surface area contributed by atoms with Gasteiger partial charge in [0.15, 0.2) is 0 Å². The summed E-state index contributed by atoms with van der Waals surface area (Å²) in [6.07, 6.45) is 3.11. The van der Waals surface area contributed by atoms with Gasteiger partial charge >= 0.3 is 0 Å².